The Hall–Kier alpha value is -2.67. The Bertz CT molecular complexity index is 771. The van der Waals surface area contributed by atoms with Crippen molar-refractivity contribution in [2.45, 2.75) is 46.0 Å². The van der Waals surface area contributed by atoms with Crippen molar-refractivity contribution in [2.24, 2.45) is 0 Å². The summed E-state index contributed by atoms with van der Waals surface area (Å²) in [4.78, 5) is 26.9. The lowest BCUT2D eigenvalue weighted by Crippen LogP contribution is -2.39. The molecule has 0 unspecified atom stereocenters. The molecular formula is C22H31N3O4. The molecule has 0 bridgehead atoms. The van der Waals surface area contributed by atoms with E-state index in [1.165, 1.54) is 23.3 Å². The van der Waals surface area contributed by atoms with Crippen LogP contribution in [0.1, 0.15) is 54.3 Å². The van der Waals surface area contributed by atoms with Crippen LogP contribution in [0.2, 0.25) is 0 Å². The Morgan fingerprint density at radius 2 is 1.93 bits per heavy atom. The van der Waals surface area contributed by atoms with Crippen molar-refractivity contribution >= 4 is 17.6 Å². The number of anilines is 1. The topological polar surface area (TPSA) is 84.7 Å². The second-order valence-electron chi connectivity index (χ2n) is 7.10. The molecule has 1 heterocycles. The van der Waals surface area contributed by atoms with E-state index >= 15 is 0 Å². The monoisotopic (exact) mass is 401 g/mol. The summed E-state index contributed by atoms with van der Waals surface area (Å²) >= 11 is 0. The summed E-state index contributed by atoms with van der Waals surface area (Å²) in [6.45, 7) is 4.81. The number of nitrogens with one attached hydrogen (secondary N) is 1. The number of ether oxygens (including phenoxy) is 1. The molecule has 0 atom stereocenters. The van der Waals surface area contributed by atoms with Crippen LogP contribution >= 0.6 is 0 Å². The highest BCUT2D eigenvalue weighted by Gasteiger charge is 2.19. The van der Waals surface area contributed by atoms with Gasteiger partial charge < -0.3 is 19.5 Å². The summed E-state index contributed by atoms with van der Waals surface area (Å²) in [5, 5.41) is 6.41. The zero-order chi connectivity index (χ0) is 21.1. The van der Waals surface area contributed by atoms with Crippen LogP contribution in [-0.4, -0.2) is 48.7 Å². The van der Waals surface area contributed by atoms with Gasteiger partial charge in [0.1, 0.15) is 12.3 Å². The number of benzene rings is 1. The van der Waals surface area contributed by atoms with Gasteiger partial charge in [0.15, 0.2) is 5.82 Å². The summed E-state index contributed by atoms with van der Waals surface area (Å²) in [6, 6.07) is 9.30. The minimum atomic E-state index is -0.319. The van der Waals surface area contributed by atoms with Gasteiger partial charge in [-0.3, -0.25) is 9.59 Å². The van der Waals surface area contributed by atoms with Gasteiger partial charge in [0.05, 0.1) is 0 Å². The third-order valence-electron chi connectivity index (χ3n) is 4.56. The molecule has 0 aliphatic rings. The van der Waals surface area contributed by atoms with Crippen molar-refractivity contribution < 1.29 is 18.8 Å². The molecule has 2 amide bonds. The summed E-state index contributed by atoms with van der Waals surface area (Å²) in [6.07, 6.45) is 5.19. The maximum Gasteiger partial charge on any atom is 0.254 e. The van der Waals surface area contributed by atoms with Gasteiger partial charge in [-0.25, -0.2) is 0 Å². The highest BCUT2D eigenvalue weighted by molar-refractivity contribution is 5.99. The van der Waals surface area contributed by atoms with Gasteiger partial charge in [-0.2, -0.15) is 0 Å². The Balaban J connectivity index is 2.01. The second-order valence-corrected chi connectivity index (χ2v) is 7.10. The molecule has 0 fully saturated rings. The number of hydrogen-bond donors (Lipinski definition) is 1. The van der Waals surface area contributed by atoms with Crippen molar-refractivity contribution in [1.82, 2.24) is 10.1 Å². The van der Waals surface area contributed by atoms with E-state index < -0.39 is 0 Å². The Kier molecular flexibility index (Phi) is 9.37. The number of amides is 2. The molecule has 7 heteroatoms. The number of rotatable bonds is 12. The molecule has 0 saturated carbocycles. The smallest absolute Gasteiger partial charge is 0.254 e. The summed E-state index contributed by atoms with van der Waals surface area (Å²) < 4.78 is 10.0. The Labute approximate surface area is 172 Å². The first kappa shape index (κ1) is 22.6. The number of carbonyl (C=O) groups is 2. The van der Waals surface area contributed by atoms with Crippen molar-refractivity contribution in [2.75, 3.05) is 32.1 Å². The lowest BCUT2D eigenvalue weighted by molar-refractivity contribution is -0.117. The molecule has 1 aromatic heterocycles. The van der Waals surface area contributed by atoms with E-state index in [-0.39, 0.29) is 18.4 Å². The normalized spacial score (nSPS) is 10.7. The van der Waals surface area contributed by atoms with Crippen LogP contribution in [0.3, 0.4) is 0 Å². The maximum atomic E-state index is 13.0. The quantitative estimate of drug-likeness (QED) is 0.546. The number of carbonyl (C=O) groups excluding carboxylic acids is 2. The van der Waals surface area contributed by atoms with Crippen LogP contribution in [0, 0.1) is 6.92 Å². The number of aryl methyl sites for hydroxylation is 2. The fourth-order valence-corrected chi connectivity index (χ4v) is 3.01. The SMILES string of the molecule is CCCCCc1ccc(C(=O)N(CCCOC)CC(=O)Nc2cc(C)on2)cc1. The zero-order valence-corrected chi connectivity index (χ0v) is 17.6. The van der Waals surface area contributed by atoms with E-state index in [1.54, 1.807) is 20.1 Å². The molecule has 0 spiro atoms. The van der Waals surface area contributed by atoms with E-state index in [0.717, 1.165) is 12.8 Å². The molecule has 0 aliphatic heterocycles. The minimum Gasteiger partial charge on any atom is -0.385 e. The van der Waals surface area contributed by atoms with Crippen molar-refractivity contribution in [3.05, 3.63) is 47.2 Å². The Morgan fingerprint density at radius 1 is 1.17 bits per heavy atom. The number of nitrogens with zero attached hydrogens (tertiary/aromatic N) is 2. The van der Waals surface area contributed by atoms with E-state index in [4.69, 9.17) is 9.26 Å². The van der Waals surface area contributed by atoms with Crippen LogP contribution in [0.25, 0.3) is 0 Å². The van der Waals surface area contributed by atoms with Crippen LogP contribution in [0.4, 0.5) is 5.82 Å². The van der Waals surface area contributed by atoms with E-state index in [1.807, 2.05) is 24.3 Å². The van der Waals surface area contributed by atoms with Gasteiger partial charge in [0, 0.05) is 31.9 Å². The minimum absolute atomic E-state index is 0.0628. The summed E-state index contributed by atoms with van der Waals surface area (Å²) in [7, 11) is 1.61. The third kappa shape index (κ3) is 7.69. The lowest BCUT2D eigenvalue weighted by Gasteiger charge is -2.22. The molecule has 29 heavy (non-hydrogen) atoms. The number of unbranched alkanes of at least 4 members (excludes halogenated alkanes) is 2. The Morgan fingerprint density at radius 3 is 2.55 bits per heavy atom. The number of aromatic nitrogens is 1. The summed E-state index contributed by atoms with van der Waals surface area (Å²) in [5.74, 6) is 0.452. The van der Waals surface area contributed by atoms with E-state index in [9.17, 15) is 9.59 Å². The van der Waals surface area contributed by atoms with Gasteiger partial charge in [0.2, 0.25) is 5.91 Å². The van der Waals surface area contributed by atoms with Crippen molar-refractivity contribution in [3.63, 3.8) is 0 Å². The predicted octanol–water partition coefficient (Wildman–Crippen LogP) is 3.83. The van der Waals surface area contributed by atoms with Crippen molar-refractivity contribution in [3.8, 4) is 0 Å². The fourth-order valence-electron chi connectivity index (χ4n) is 3.01. The molecule has 1 N–H and O–H groups in total. The molecular weight excluding hydrogens is 370 g/mol. The molecule has 158 valence electrons. The van der Waals surface area contributed by atoms with Crippen LogP contribution < -0.4 is 5.32 Å². The zero-order valence-electron chi connectivity index (χ0n) is 17.6. The molecule has 0 aliphatic carbocycles. The maximum absolute atomic E-state index is 13.0. The molecule has 1 aromatic carbocycles. The highest BCUT2D eigenvalue weighted by atomic mass is 16.5. The van der Waals surface area contributed by atoms with Crippen LogP contribution in [-0.2, 0) is 16.0 Å². The predicted molar refractivity (Wildman–Crippen MR) is 112 cm³/mol. The fraction of sp³-hybridized carbons (Fsp3) is 0.500. The van der Waals surface area contributed by atoms with Crippen LogP contribution in [0.5, 0.6) is 0 Å². The molecule has 2 aromatic rings. The van der Waals surface area contributed by atoms with Gasteiger partial charge in [-0.15, -0.1) is 0 Å². The lowest BCUT2D eigenvalue weighted by atomic mass is 10.0. The highest BCUT2D eigenvalue weighted by Crippen LogP contribution is 2.12. The molecule has 0 saturated heterocycles. The summed E-state index contributed by atoms with van der Waals surface area (Å²) in [5.41, 5.74) is 1.80. The average molecular weight is 402 g/mol. The molecule has 0 radical (unpaired) electrons. The third-order valence-corrected chi connectivity index (χ3v) is 4.56. The average Bonchev–Trinajstić information content (AvgIpc) is 3.12. The standard InChI is InChI=1S/C22H31N3O4/c1-4-5-6-8-18-9-11-19(12-10-18)22(27)25(13-7-14-28-3)16-21(26)23-20-15-17(2)29-24-20/h9-12,15H,4-8,13-14,16H2,1-3H3,(H,23,24,26). The first-order valence-corrected chi connectivity index (χ1v) is 10.1. The van der Waals surface area contributed by atoms with Gasteiger partial charge in [0.25, 0.3) is 5.91 Å². The van der Waals surface area contributed by atoms with Gasteiger partial charge >= 0.3 is 0 Å². The first-order valence-electron chi connectivity index (χ1n) is 10.1. The largest absolute Gasteiger partial charge is 0.385 e. The molecule has 2 rings (SSSR count). The number of methoxy groups -OCH3 is 1. The second kappa shape index (κ2) is 12.0. The van der Waals surface area contributed by atoms with Crippen LogP contribution in [0.15, 0.2) is 34.9 Å². The van der Waals surface area contributed by atoms with Crippen molar-refractivity contribution in [1.29, 1.82) is 0 Å². The van der Waals surface area contributed by atoms with E-state index in [0.29, 0.717) is 36.7 Å². The van der Waals surface area contributed by atoms with Gasteiger partial charge in [-0.05, 0) is 43.9 Å². The number of hydrogen-bond acceptors (Lipinski definition) is 5. The van der Waals surface area contributed by atoms with Gasteiger partial charge in [-0.1, -0.05) is 37.1 Å². The molecule has 7 nitrogen and oxygen atoms in total. The van der Waals surface area contributed by atoms with E-state index in [2.05, 4.69) is 17.4 Å². The first-order chi connectivity index (χ1) is 14.0.